The van der Waals surface area contributed by atoms with Crippen molar-refractivity contribution in [2.45, 2.75) is 50.7 Å². The fourth-order valence-corrected chi connectivity index (χ4v) is 5.73. The third kappa shape index (κ3) is 5.81. The summed E-state index contributed by atoms with van der Waals surface area (Å²) in [6.45, 7) is -1.82. The van der Waals surface area contributed by atoms with E-state index in [0.717, 1.165) is 28.0 Å². The molecule has 2 N–H and O–H groups in total. The Hall–Kier alpha value is -2.99. The SMILES string of the molecule is C[C@@H]1Cc2c([nH]c3ccccc23)C(c2cc(F)c(NC3CN(CCCF)C3)cc2OC(F)F)N1CC(F)(F)F. The van der Waals surface area contributed by atoms with E-state index in [1.807, 2.05) is 17.0 Å². The van der Waals surface area contributed by atoms with Gasteiger partial charge in [0.2, 0.25) is 0 Å². The summed E-state index contributed by atoms with van der Waals surface area (Å²) in [5.41, 5.74) is 1.62. The number of anilines is 1. The third-order valence-electron chi connectivity index (χ3n) is 7.41. The van der Waals surface area contributed by atoms with Gasteiger partial charge in [-0.05, 0) is 37.5 Å². The van der Waals surface area contributed by atoms with Gasteiger partial charge in [0.15, 0.2) is 0 Å². The summed E-state index contributed by atoms with van der Waals surface area (Å²) in [5.74, 6) is -1.20. The number of nitrogens with zero attached hydrogens (tertiary/aromatic N) is 2. The third-order valence-corrected chi connectivity index (χ3v) is 7.41. The average Bonchev–Trinajstić information content (AvgIpc) is 3.19. The Balaban J connectivity index is 1.56. The monoisotopic (exact) mass is 558 g/mol. The van der Waals surface area contributed by atoms with Crippen LogP contribution in [0.3, 0.4) is 0 Å². The lowest BCUT2D eigenvalue weighted by Crippen LogP contribution is -2.54. The zero-order valence-electron chi connectivity index (χ0n) is 21.2. The summed E-state index contributed by atoms with van der Waals surface area (Å²) in [5, 5.41) is 3.77. The maximum absolute atomic E-state index is 15.5. The quantitative estimate of drug-likeness (QED) is 0.304. The maximum atomic E-state index is 15.5. The van der Waals surface area contributed by atoms with Crippen molar-refractivity contribution >= 4 is 16.6 Å². The summed E-state index contributed by atoms with van der Waals surface area (Å²) in [6, 6.07) is 7.25. The molecule has 1 saturated heterocycles. The molecule has 2 aliphatic rings. The van der Waals surface area contributed by atoms with Crippen LogP contribution in [0.2, 0.25) is 0 Å². The lowest BCUT2D eigenvalue weighted by atomic mass is 9.88. The Bertz CT molecular complexity index is 1310. The number of benzene rings is 2. The van der Waals surface area contributed by atoms with E-state index >= 15 is 4.39 Å². The minimum atomic E-state index is -4.59. The molecular weight excluding hydrogens is 529 g/mol. The van der Waals surface area contributed by atoms with E-state index < -0.39 is 49.7 Å². The molecule has 2 aromatic carbocycles. The van der Waals surface area contributed by atoms with Crippen LogP contribution in [0.4, 0.5) is 36.4 Å². The van der Waals surface area contributed by atoms with E-state index in [-0.39, 0.29) is 17.3 Å². The first kappa shape index (κ1) is 27.6. The normalized spacial score (nSPS) is 20.8. The number of para-hydroxylation sites is 1. The fraction of sp³-hybridized carbons (Fsp3) is 0.481. The molecular formula is C27H29F7N4O. The fourth-order valence-electron chi connectivity index (χ4n) is 5.73. The van der Waals surface area contributed by atoms with E-state index in [0.29, 0.717) is 43.7 Å². The van der Waals surface area contributed by atoms with Gasteiger partial charge in [-0.3, -0.25) is 14.2 Å². The predicted molar refractivity (Wildman–Crippen MR) is 134 cm³/mol. The van der Waals surface area contributed by atoms with Crippen LogP contribution in [0.15, 0.2) is 36.4 Å². The highest BCUT2D eigenvalue weighted by molar-refractivity contribution is 5.85. The van der Waals surface area contributed by atoms with Crippen LogP contribution in [0.1, 0.15) is 36.2 Å². The smallest absolute Gasteiger partial charge is 0.401 e. The Labute approximate surface area is 220 Å². The molecule has 0 amide bonds. The van der Waals surface area contributed by atoms with Crippen LogP contribution in [0.25, 0.3) is 10.9 Å². The number of aromatic nitrogens is 1. The summed E-state index contributed by atoms with van der Waals surface area (Å²) < 4.78 is 101. The summed E-state index contributed by atoms with van der Waals surface area (Å²) in [4.78, 5) is 6.28. The maximum Gasteiger partial charge on any atom is 0.401 e. The van der Waals surface area contributed by atoms with Gasteiger partial charge in [-0.1, -0.05) is 18.2 Å². The van der Waals surface area contributed by atoms with Gasteiger partial charge in [0.05, 0.1) is 31.0 Å². The topological polar surface area (TPSA) is 43.5 Å². The lowest BCUT2D eigenvalue weighted by molar-refractivity contribution is -0.155. The molecule has 2 atom stereocenters. The number of likely N-dealkylation sites (tertiary alicyclic amines) is 1. The van der Waals surface area contributed by atoms with Gasteiger partial charge in [-0.15, -0.1) is 0 Å². The second-order valence-electron chi connectivity index (χ2n) is 10.2. The van der Waals surface area contributed by atoms with Gasteiger partial charge in [0.1, 0.15) is 11.6 Å². The summed E-state index contributed by atoms with van der Waals surface area (Å²) >= 11 is 0. The molecule has 0 radical (unpaired) electrons. The minimum absolute atomic E-state index is 0.0901. The number of fused-ring (bicyclic) bond motifs is 3. The van der Waals surface area contributed by atoms with Crippen LogP contribution in [0, 0.1) is 5.82 Å². The second-order valence-corrected chi connectivity index (χ2v) is 10.2. The molecule has 12 heteroatoms. The molecule has 1 unspecified atom stereocenters. The molecule has 3 heterocycles. The van der Waals surface area contributed by atoms with Crippen LogP contribution in [-0.4, -0.2) is 72.5 Å². The van der Waals surface area contributed by atoms with Crippen LogP contribution >= 0.6 is 0 Å². The number of aromatic amines is 1. The van der Waals surface area contributed by atoms with Crippen molar-refractivity contribution in [3.8, 4) is 5.75 Å². The van der Waals surface area contributed by atoms with Crippen molar-refractivity contribution < 1.29 is 35.5 Å². The van der Waals surface area contributed by atoms with Crippen LogP contribution in [0.5, 0.6) is 5.75 Å². The summed E-state index contributed by atoms with van der Waals surface area (Å²) in [6.07, 6.45) is -3.91. The van der Waals surface area contributed by atoms with E-state index in [9.17, 15) is 26.3 Å². The highest BCUT2D eigenvalue weighted by atomic mass is 19.4. The number of H-pyrrole nitrogens is 1. The number of alkyl halides is 6. The molecule has 1 fully saturated rings. The molecule has 2 aliphatic heterocycles. The molecule has 39 heavy (non-hydrogen) atoms. The number of halogens is 7. The van der Waals surface area contributed by atoms with Crippen molar-refractivity contribution in [1.82, 2.24) is 14.8 Å². The van der Waals surface area contributed by atoms with Gasteiger partial charge in [-0.2, -0.15) is 22.0 Å². The van der Waals surface area contributed by atoms with Crippen molar-refractivity contribution in [2.24, 2.45) is 0 Å². The van der Waals surface area contributed by atoms with Gasteiger partial charge >= 0.3 is 12.8 Å². The van der Waals surface area contributed by atoms with E-state index in [1.54, 1.807) is 19.1 Å². The summed E-state index contributed by atoms with van der Waals surface area (Å²) in [7, 11) is 0. The molecule has 0 spiro atoms. The zero-order valence-corrected chi connectivity index (χ0v) is 21.2. The Morgan fingerprint density at radius 2 is 1.90 bits per heavy atom. The molecule has 1 aromatic heterocycles. The molecule has 0 saturated carbocycles. The Kier molecular flexibility index (Phi) is 7.69. The number of ether oxygens (including phenoxy) is 1. The molecule has 0 aliphatic carbocycles. The Morgan fingerprint density at radius 3 is 2.59 bits per heavy atom. The second kappa shape index (κ2) is 10.9. The first-order valence-electron chi connectivity index (χ1n) is 12.8. The van der Waals surface area contributed by atoms with Gasteiger partial charge in [0.25, 0.3) is 0 Å². The molecule has 5 rings (SSSR count). The van der Waals surface area contributed by atoms with Gasteiger partial charge in [-0.25, -0.2) is 4.39 Å². The number of hydrogen-bond donors (Lipinski definition) is 2. The molecule has 3 aromatic rings. The number of nitrogens with one attached hydrogen (secondary N) is 2. The van der Waals surface area contributed by atoms with Crippen molar-refractivity contribution in [3.05, 3.63) is 59.0 Å². The molecule has 5 nitrogen and oxygen atoms in total. The van der Waals surface area contributed by atoms with E-state index in [4.69, 9.17) is 4.74 Å². The first-order valence-corrected chi connectivity index (χ1v) is 12.8. The van der Waals surface area contributed by atoms with Crippen molar-refractivity contribution in [3.63, 3.8) is 0 Å². The molecule has 212 valence electrons. The standard InChI is InChI=1S/C27H29F7N4O/c1-15-9-18-17-5-2-3-6-21(17)36-24(18)25(38(15)14-27(32,33)34)19-10-20(29)22(11-23(19)39-26(30)31)35-16-12-37(13-16)8-4-7-28/h2-3,5-6,10-11,15-16,25-26,35-36H,4,7-9,12-14H2,1H3/t15-,25?/m1/s1. The highest BCUT2D eigenvalue weighted by Crippen LogP contribution is 2.46. The average molecular weight is 559 g/mol. The lowest BCUT2D eigenvalue weighted by Gasteiger charge is -2.42. The first-order chi connectivity index (χ1) is 18.5. The highest BCUT2D eigenvalue weighted by Gasteiger charge is 2.43. The zero-order chi connectivity index (χ0) is 27.9. The largest absolute Gasteiger partial charge is 0.434 e. The van der Waals surface area contributed by atoms with Crippen LogP contribution < -0.4 is 10.1 Å². The predicted octanol–water partition coefficient (Wildman–Crippen LogP) is 6.26. The van der Waals surface area contributed by atoms with Gasteiger partial charge < -0.3 is 15.0 Å². The number of hydrogen-bond acceptors (Lipinski definition) is 4. The minimum Gasteiger partial charge on any atom is -0.434 e. The van der Waals surface area contributed by atoms with Crippen molar-refractivity contribution in [1.29, 1.82) is 0 Å². The van der Waals surface area contributed by atoms with E-state index in [2.05, 4.69) is 10.3 Å². The Morgan fingerprint density at radius 1 is 1.15 bits per heavy atom. The number of rotatable bonds is 9. The molecule has 0 bridgehead atoms. The van der Waals surface area contributed by atoms with Crippen molar-refractivity contribution in [2.75, 3.05) is 38.2 Å². The van der Waals surface area contributed by atoms with E-state index in [1.165, 1.54) is 0 Å². The van der Waals surface area contributed by atoms with Crippen LogP contribution in [-0.2, 0) is 6.42 Å². The van der Waals surface area contributed by atoms with Gasteiger partial charge in [0, 0.05) is 53.9 Å².